The van der Waals surface area contributed by atoms with Gasteiger partial charge in [0, 0.05) is 12.1 Å². The fourth-order valence-electron chi connectivity index (χ4n) is 3.19. The molecular formula is C19H23N3O4S2. The smallest absolute Gasteiger partial charge is 0.250 e. The molecule has 9 heteroatoms. The van der Waals surface area contributed by atoms with Crippen LogP contribution in [0.3, 0.4) is 0 Å². The molecule has 2 aromatic carbocycles. The molecule has 0 fully saturated rings. The van der Waals surface area contributed by atoms with E-state index in [0.717, 1.165) is 22.9 Å². The van der Waals surface area contributed by atoms with E-state index in [0.29, 0.717) is 17.8 Å². The van der Waals surface area contributed by atoms with Crippen molar-refractivity contribution in [1.29, 1.82) is 0 Å². The van der Waals surface area contributed by atoms with Crippen molar-refractivity contribution in [2.75, 3.05) is 16.7 Å². The molecule has 1 unspecified atom stereocenters. The zero-order chi connectivity index (χ0) is 20.5. The maximum Gasteiger partial charge on any atom is 0.250 e. The van der Waals surface area contributed by atoms with Crippen molar-refractivity contribution in [3.63, 3.8) is 0 Å². The van der Waals surface area contributed by atoms with Gasteiger partial charge in [-0.2, -0.15) is 9.52 Å². The fraction of sp³-hybridized carbons (Fsp3) is 0.316. The number of rotatable bonds is 6. The predicted molar refractivity (Wildman–Crippen MR) is 111 cm³/mol. The van der Waals surface area contributed by atoms with Gasteiger partial charge < -0.3 is 0 Å². The molecule has 2 aromatic rings. The first-order valence-corrected chi connectivity index (χ1v) is 12.3. The van der Waals surface area contributed by atoms with Crippen LogP contribution >= 0.6 is 0 Å². The number of sulfonamides is 2. The van der Waals surface area contributed by atoms with Gasteiger partial charge in [0.05, 0.1) is 23.8 Å². The quantitative estimate of drug-likeness (QED) is 0.776. The van der Waals surface area contributed by atoms with E-state index < -0.39 is 26.1 Å². The van der Waals surface area contributed by atoms with Gasteiger partial charge in [0.1, 0.15) is 0 Å². The Bertz CT molecular complexity index is 1110. The fourth-order valence-corrected chi connectivity index (χ4v) is 4.82. The largest absolute Gasteiger partial charge is 0.284 e. The second-order valence-corrected chi connectivity index (χ2v) is 10.6. The molecule has 0 radical (unpaired) electrons. The number of benzene rings is 2. The Morgan fingerprint density at radius 2 is 1.71 bits per heavy atom. The molecular weight excluding hydrogens is 398 g/mol. The lowest BCUT2D eigenvalue weighted by Gasteiger charge is -2.24. The number of hydrogen-bond donors (Lipinski definition) is 1. The lowest BCUT2D eigenvalue weighted by atomic mass is 9.96. The summed E-state index contributed by atoms with van der Waals surface area (Å²) in [5.74, 6) is -0.0383. The molecule has 28 heavy (non-hydrogen) atoms. The summed E-state index contributed by atoms with van der Waals surface area (Å²) < 4.78 is 51.6. The van der Waals surface area contributed by atoms with E-state index in [1.54, 1.807) is 31.2 Å². The Morgan fingerprint density at radius 1 is 1.07 bits per heavy atom. The normalized spacial score (nSPS) is 17.5. The molecule has 0 aromatic heterocycles. The zero-order valence-corrected chi connectivity index (χ0v) is 17.6. The number of hydrogen-bond acceptors (Lipinski definition) is 5. The number of nitrogens with zero attached hydrogens (tertiary/aromatic N) is 2. The van der Waals surface area contributed by atoms with Gasteiger partial charge in [-0.15, -0.1) is 0 Å². The van der Waals surface area contributed by atoms with Gasteiger partial charge in [0.2, 0.25) is 20.0 Å². The molecule has 3 rings (SSSR count). The van der Waals surface area contributed by atoms with Crippen LogP contribution < -0.4 is 4.72 Å². The maximum atomic E-state index is 12.6. The van der Waals surface area contributed by atoms with E-state index in [1.807, 2.05) is 31.2 Å². The van der Waals surface area contributed by atoms with Crippen LogP contribution in [0.4, 0.5) is 5.69 Å². The van der Waals surface area contributed by atoms with Gasteiger partial charge in [0.25, 0.3) is 0 Å². The molecule has 7 nitrogen and oxygen atoms in total. The number of aryl methyl sites for hydroxylation is 1. The highest BCUT2D eigenvalue weighted by molar-refractivity contribution is 7.92. The van der Waals surface area contributed by atoms with Crippen LogP contribution in [0.25, 0.3) is 0 Å². The number of hydrazone groups is 1. The summed E-state index contributed by atoms with van der Waals surface area (Å²) in [5.41, 5.74) is 3.78. The van der Waals surface area contributed by atoms with Crippen LogP contribution in [0.1, 0.15) is 36.1 Å². The molecule has 1 heterocycles. The van der Waals surface area contributed by atoms with Crippen molar-refractivity contribution in [2.24, 2.45) is 5.10 Å². The monoisotopic (exact) mass is 421 g/mol. The summed E-state index contributed by atoms with van der Waals surface area (Å²) in [6.07, 6.45) is 1.53. The number of anilines is 1. The highest BCUT2D eigenvalue weighted by Crippen LogP contribution is 2.36. The van der Waals surface area contributed by atoms with Crippen molar-refractivity contribution in [3.8, 4) is 0 Å². The number of nitrogens with one attached hydrogen (secondary N) is 1. The lowest BCUT2D eigenvalue weighted by molar-refractivity contribution is 0.371. The Kier molecular flexibility index (Phi) is 5.49. The summed E-state index contributed by atoms with van der Waals surface area (Å²) in [7, 11) is -6.89. The molecule has 0 amide bonds. The second kappa shape index (κ2) is 7.56. The standard InChI is InChI=1S/C19H23N3O4S2/c1-4-28(25,26)22-19(17-8-6-5-7-14(17)2)13-18(20-22)15-9-11-16(12-10-15)21-27(3,23)24/h5-12,19,21H,4,13H2,1-3H3. The Morgan fingerprint density at radius 3 is 2.29 bits per heavy atom. The lowest BCUT2D eigenvalue weighted by Crippen LogP contribution is -2.29. The summed E-state index contributed by atoms with van der Waals surface area (Å²) in [4.78, 5) is 0. The average Bonchev–Trinajstić information content (AvgIpc) is 3.07. The van der Waals surface area contributed by atoms with Crippen LogP contribution in [-0.2, 0) is 20.0 Å². The highest BCUT2D eigenvalue weighted by atomic mass is 32.2. The van der Waals surface area contributed by atoms with Crippen LogP contribution in [0, 0.1) is 6.92 Å². The predicted octanol–water partition coefficient (Wildman–Crippen LogP) is 2.87. The summed E-state index contributed by atoms with van der Waals surface area (Å²) >= 11 is 0. The average molecular weight is 422 g/mol. The Labute approximate surface area is 166 Å². The molecule has 0 spiro atoms. The maximum absolute atomic E-state index is 12.6. The molecule has 1 atom stereocenters. The molecule has 0 saturated carbocycles. The zero-order valence-electron chi connectivity index (χ0n) is 16.0. The SMILES string of the molecule is CCS(=O)(=O)N1N=C(c2ccc(NS(C)(=O)=O)cc2)CC1c1ccccc1C. The third-order valence-electron chi connectivity index (χ3n) is 4.59. The molecule has 0 bridgehead atoms. The van der Waals surface area contributed by atoms with E-state index in [9.17, 15) is 16.8 Å². The van der Waals surface area contributed by atoms with E-state index in [-0.39, 0.29) is 5.75 Å². The van der Waals surface area contributed by atoms with Gasteiger partial charge >= 0.3 is 0 Å². The van der Waals surface area contributed by atoms with Gasteiger partial charge in [-0.1, -0.05) is 36.4 Å². The van der Waals surface area contributed by atoms with Crippen molar-refractivity contribution in [1.82, 2.24) is 4.41 Å². The van der Waals surface area contributed by atoms with Gasteiger partial charge in [-0.25, -0.2) is 16.8 Å². The summed E-state index contributed by atoms with van der Waals surface area (Å²) in [6, 6.07) is 14.1. The van der Waals surface area contributed by atoms with E-state index in [4.69, 9.17) is 0 Å². The minimum absolute atomic E-state index is 0.0383. The van der Waals surface area contributed by atoms with Gasteiger partial charge in [0.15, 0.2) is 0 Å². The van der Waals surface area contributed by atoms with E-state index in [2.05, 4.69) is 9.82 Å². The van der Waals surface area contributed by atoms with Crippen molar-refractivity contribution >= 4 is 31.4 Å². The topological polar surface area (TPSA) is 95.9 Å². The molecule has 0 saturated heterocycles. The van der Waals surface area contributed by atoms with Crippen LogP contribution in [0.15, 0.2) is 53.6 Å². The summed E-state index contributed by atoms with van der Waals surface area (Å²) in [6.45, 7) is 3.55. The Balaban J connectivity index is 1.96. The van der Waals surface area contributed by atoms with Crippen LogP contribution in [-0.4, -0.2) is 39.0 Å². The second-order valence-electron chi connectivity index (χ2n) is 6.75. The first kappa shape index (κ1) is 20.3. The third kappa shape index (κ3) is 4.36. The van der Waals surface area contributed by atoms with Gasteiger partial charge in [-0.3, -0.25) is 4.72 Å². The first-order chi connectivity index (χ1) is 13.1. The van der Waals surface area contributed by atoms with Crippen LogP contribution in [0.2, 0.25) is 0 Å². The minimum atomic E-state index is -3.53. The third-order valence-corrected chi connectivity index (χ3v) is 6.83. The summed E-state index contributed by atoms with van der Waals surface area (Å²) in [5, 5.41) is 4.43. The van der Waals surface area contributed by atoms with Crippen molar-refractivity contribution in [2.45, 2.75) is 26.3 Å². The molecule has 0 aliphatic carbocycles. The molecule has 1 N–H and O–H groups in total. The van der Waals surface area contributed by atoms with E-state index in [1.165, 1.54) is 4.41 Å². The van der Waals surface area contributed by atoms with Crippen LogP contribution in [0.5, 0.6) is 0 Å². The molecule has 150 valence electrons. The van der Waals surface area contributed by atoms with Gasteiger partial charge in [-0.05, 0) is 42.7 Å². The minimum Gasteiger partial charge on any atom is -0.284 e. The molecule has 1 aliphatic rings. The Hall–Kier alpha value is -2.39. The van der Waals surface area contributed by atoms with E-state index >= 15 is 0 Å². The first-order valence-electron chi connectivity index (χ1n) is 8.84. The molecule has 1 aliphatic heterocycles. The van der Waals surface area contributed by atoms with Crippen molar-refractivity contribution in [3.05, 3.63) is 65.2 Å². The van der Waals surface area contributed by atoms with Crippen molar-refractivity contribution < 1.29 is 16.8 Å². The highest BCUT2D eigenvalue weighted by Gasteiger charge is 2.36.